The van der Waals surface area contributed by atoms with Gasteiger partial charge in [-0.25, -0.2) is 0 Å². The second kappa shape index (κ2) is 4.03. The number of hydrogen-bond acceptors (Lipinski definition) is 1. The number of fused-ring (bicyclic) bond motifs is 1. The predicted molar refractivity (Wildman–Crippen MR) is 68.6 cm³/mol. The molecule has 2 rings (SSSR count). The van der Waals surface area contributed by atoms with Gasteiger partial charge in [0.05, 0.1) is 0 Å². The van der Waals surface area contributed by atoms with Gasteiger partial charge in [-0.2, -0.15) is 0 Å². The van der Waals surface area contributed by atoms with Crippen molar-refractivity contribution >= 4 is 37.4 Å². The molecule has 0 spiro atoms. The summed E-state index contributed by atoms with van der Waals surface area (Å²) >= 11 is 5.40. The summed E-state index contributed by atoms with van der Waals surface area (Å²) in [4.78, 5) is 0. The first-order valence-electron chi connectivity index (χ1n) is 4.82. The average molecular weight is 269 g/mol. The summed E-state index contributed by atoms with van der Waals surface area (Å²) < 4.78 is 1.45. The molecule has 0 nitrogen and oxygen atoms in total. The lowest BCUT2D eigenvalue weighted by atomic mass is 10.00. The molecule has 2 heteroatoms. The van der Waals surface area contributed by atoms with Crippen molar-refractivity contribution < 1.29 is 0 Å². The maximum atomic E-state index is 3.55. The van der Waals surface area contributed by atoms with Crippen molar-refractivity contribution in [3.8, 4) is 0 Å². The summed E-state index contributed by atoms with van der Waals surface area (Å²) in [7, 11) is 0. The Kier molecular flexibility index (Phi) is 2.93. The maximum absolute atomic E-state index is 3.55. The molecule has 0 saturated carbocycles. The molecule has 0 saturated heterocycles. The van der Waals surface area contributed by atoms with E-state index in [2.05, 4.69) is 47.3 Å². The van der Waals surface area contributed by atoms with Crippen molar-refractivity contribution in [2.24, 2.45) is 0 Å². The van der Waals surface area contributed by atoms with Gasteiger partial charge in [0.2, 0.25) is 0 Å². The fourth-order valence-electron chi connectivity index (χ4n) is 1.99. The molecule has 1 aromatic heterocycles. The second-order valence-electron chi connectivity index (χ2n) is 3.48. The highest BCUT2D eigenvalue weighted by molar-refractivity contribution is 9.08. The van der Waals surface area contributed by atoms with Crippen LogP contribution in [0.15, 0.2) is 17.5 Å². The molecule has 2 aromatic rings. The van der Waals surface area contributed by atoms with Crippen LogP contribution in [-0.2, 0) is 11.8 Å². The van der Waals surface area contributed by atoms with E-state index in [1.165, 1.54) is 26.8 Å². The number of rotatable bonds is 2. The van der Waals surface area contributed by atoms with E-state index in [9.17, 15) is 0 Å². The Hall–Kier alpha value is -0.340. The van der Waals surface area contributed by atoms with Crippen molar-refractivity contribution in [1.29, 1.82) is 0 Å². The van der Waals surface area contributed by atoms with Gasteiger partial charge in [-0.05, 0) is 46.9 Å². The topological polar surface area (TPSA) is 0 Å². The normalized spacial score (nSPS) is 11.1. The van der Waals surface area contributed by atoms with Crippen molar-refractivity contribution in [2.45, 2.75) is 25.6 Å². The minimum Gasteiger partial charge on any atom is -0.143 e. The highest BCUT2D eigenvalue weighted by Crippen LogP contribution is 2.31. The molecule has 1 aromatic carbocycles. The number of aryl methyl sites for hydroxylation is 2. The zero-order valence-corrected chi connectivity index (χ0v) is 10.8. The first kappa shape index (κ1) is 10.2. The van der Waals surface area contributed by atoms with Crippen LogP contribution in [-0.4, -0.2) is 0 Å². The van der Waals surface area contributed by atoms with Crippen LogP contribution in [0.2, 0.25) is 0 Å². The summed E-state index contributed by atoms with van der Waals surface area (Å²) in [5.74, 6) is 0. The van der Waals surface area contributed by atoms with Gasteiger partial charge in [0.15, 0.2) is 0 Å². The summed E-state index contributed by atoms with van der Waals surface area (Å²) in [5, 5.41) is 4.59. The molecule has 1 heterocycles. The van der Waals surface area contributed by atoms with Crippen molar-refractivity contribution in [3.05, 3.63) is 34.2 Å². The van der Waals surface area contributed by atoms with Crippen LogP contribution in [0.25, 0.3) is 10.1 Å². The van der Waals surface area contributed by atoms with E-state index < -0.39 is 0 Å². The van der Waals surface area contributed by atoms with E-state index in [1.54, 1.807) is 0 Å². The minimum atomic E-state index is 0.953. The molecule has 0 amide bonds. The third-order valence-electron chi connectivity index (χ3n) is 2.65. The van der Waals surface area contributed by atoms with Crippen molar-refractivity contribution in [3.63, 3.8) is 0 Å². The zero-order chi connectivity index (χ0) is 10.1. The molecule has 14 heavy (non-hydrogen) atoms. The second-order valence-corrected chi connectivity index (χ2v) is 4.96. The molecule has 0 atom stereocenters. The van der Waals surface area contributed by atoms with Crippen LogP contribution < -0.4 is 0 Å². The van der Waals surface area contributed by atoms with Gasteiger partial charge in [-0.15, -0.1) is 11.3 Å². The number of benzene rings is 1. The van der Waals surface area contributed by atoms with E-state index in [4.69, 9.17) is 0 Å². The van der Waals surface area contributed by atoms with Gasteiger partial charge in [0.1, 0.15) is 0 Å². The fraction of sp³-hybridized carbons (Fsp3) is 0.333. The summed E-state index contributed by atoms with van der Waals surface area (Å²) in [6.45, 7) is 4.44. The van der Waals surface area contributed by atoms with E-state index in [0.29, 0.717) is 0 Å². The largest absolute Gasteiger partial charge is 0.143 e. The van der Waals surface area contributed by atoms with E-state index in [-0.39, 0.29) is 0 Å². The van der Waals surface area contributed by atoms with Crippen LogP contribution in [0.3, 0.4) is 0 Å². The Labute approximate surface area is 97.1 Å². The molecule has 0 aliphatic carbocycles. The minimum absolute atomic E-state index is 0.953. The third-order valence-corrected chi connectivity index (χ3v) is 4.24. The van der Waals surface area contributed by atoms with E-state index in [1.807, 2.05) is 11.3 Å². The van der Waals surface area contributed by atoms with Gasteiger partial charge in [0, 0.05) is 10.0 Å². The van der Waals surface area contributed by atoms with Crippen LogP contribution in [0.5, 0.6) is 0 Å². The number of thiophene rings is 1. The monoisotopic (exact) mass is 268 g/mol. The van der Waals surface area contributed by atoms with Crippen LogP contribution in [0, 0.1) is 6.92 Å². The zero-order valence-electron chi connectivity index (χ0n) is 8.43. The van der Waals surface area contributed by atoms with Crippen LogP contribution in [0.1, 0.15) is 23.6 Å². The van der Waals surface area contributed by atoms with Gasteiger partial charge >= 0.3 is 0 Å². The van der Waals surface area contributed by atoms with Gasteiger partial charge < -0.3 is 0 Å². The van der Waals surface area contributed by atoms with Gasteiger partial charge in [-0.1, -0.05) is 28.9 Å². The summed E-state index contributed by atoms with van der Waals surface area (Å²) in [5.41, 5.74) is 4.35. The molecule has 0 fully saturated rings. The van der Waals surface area contributed by atoms with E-state index >= 15 is 0 Å². The summed E-state index contributed by atoms with van der Waals surface area (Å²) in [6, 6.07) is 4.56. The Balaban J connectivity index is 2.81. The van der Waals surface area contributed by atoms with Crippen molar-refractivity contribution in [1.82, 2.24) is 0 Å². The molecule has 74 valence electrons. The van der Waals surface area contributed by atoms with Gasteiger partial charge in [-0.3, -0.25) is 0 Å². The van der Waals surface area contributed by atoms with E-state index in [0.717, 1.165) is 11.8 Å². The Morgan fingerprint density at radius 2 is 2.21 bits per heavy atom. The number of alkyl halides is 1. The molecule has 0 unspecified atom stereocenters. The Bertz CT molecular complexity index is 457. The standard InChI is InChI=1S/C12H13BrS/c1-3-10-8(2)6-9(7-13)12-11(10)4-5-14-12/h4-6H,3,7H2,1-2H3. The third kappa shape index (κ3) is 1.51. The maximum Gasteiger partial charge on any atom is 0.0386 e. The lowest BCUT2D eigenvalue weighted by Crippen LogP contribution is -1.90. The highest BCUT2D eigenvalue weighted by atomic mass is 79.9. The average Bonchev–Trinajstić information content (AvgIpc) is 2.65. The number of hydrogen-bond donors (Lipinski definition) is 0. The lowest BCUT2D eigenvalue weighted by molar-refractivity contribution is 1.13. The quantitative estimate of drug-likeness (QED) is 0.695. The first-order chi connectivity index (χ1) is 6.77. The molecule has 0 radical (unpaired) electrons. The Morgan fingerprint density at radius 1 is 1.43 bits per heavy atom. The number of halogens is 1. The van der Waals surface area contributed by atoms with Crippen LogP contribution in [0.4, 0.5) is 0 Å². The molecule has 0 bridgehead atoms. The molecule has 0 aliphatic heterocycles. The molecular formula is C12H13BrS. The summed E-state index contributed by atoms with van der Waals surface area (Å²) in [6.07, 6.45) is 1.13. The highest BCUT2D eigenvalue weighted by Gasteiger charge is 2.08. The lowest BCUT2D eigenvalue weighted by Gasteiger charge is -2.08. The fourth-order valence-corrected chi connectivity index (χ4v) is 3.56. The Morgan fingerprint density at radius 3 is 2.86 bits per heavy atom. The predicted octanol–water partition coefficient (Wildman–Crippen LogP) is 4.67. The molecule has 0 aliphatic rings. The molecular weight excluding hydrogens is 256 g/mol. The van der Waals surface area contributed by atoms with Crippen LogP contribution >= 0.6 is 27.3 Å². The van der Waals surface area contributed by atoms with Crippen molar-refractivity contribution in [2.75, 3.05) is 0 Å². The SMILES string of the molecule is CCc1c(C)cc(CBr)c2sccc12. The first-order valence-corrected chi connectivity index (χ1v) is 6.82. The van der Waals surface area contributed by atoms with Gasteiger partial charge in [0.25, 0.3) is 0 Å². The smallest absolute Gasteiger partial charge is 0.0386 e. The molecule has 0 N–H and O–H groups in total.